The number of nitrogens with zero attached hydrogens (tertiary/aromatic N) is 2. The molecule has 4 rings (SSSR count). The maximum atomic E-state index is 12.6. The third-order valence-electron chi connectivity index (χ3n) is 5.26. The van der Waals surface area contributed by atoms with Crippen LogP contribution >= 0.6 is 23.2 Å². The van der Waals surface area contributed by atoms with Gasteiger partial charge in [0.15, 0.2) is 0 Å². The van der Waals surface area contributed by atoms with E-state index < -0.39 is 12.1 Å². The Balaban J connectivity index is 1.53. The normalized spacial score (nSPS) is 21.3. The average molecular weight is 418 g/mol. The average Bonchev–Trinajstić information content (AvgIpc) is 3.30. The molecule has 1 amide bonds. The maximum Gasteiger partial charge on any atom is 0.251 e. The van der Waals surface area contributed by atoms with E-state index in [1.54, 1.807) is 12.1 Å². The molecule has 1 fully saturated rings. The Morgan fingerprint density at radius 2 is 1.93 bits per heavy atom. The van der Waals surface area contributed by atoms with Crippen LogP contribution in [-0.2, 0) is 6.42 Å². The summed E-state index contributed by atoms with van der Waals surface area (Å²) in [7, 11) is 0. The summed E-state index contributed by atoms with van der Waals surface area (Å²) in [6, 6.07) is 10.1. The summed E-state index contributed by atoms with van der Waals surface area (Å²) in [6.45, 7) is 2.07. The van der Waals surface area contributed by atoms with Crippen molar-refractivity contribution in [2.45, 2.75) is 31.4 Å². The smallest absolute Gasteiger partial charge is 0.251 e. The van der Waals surface area contributed by atoms with Crippen molar-refractivity contribution in [3.05, 3.63) is 63.1 Å². The predicted molar refractivity (Wildman–Crippen MR) is 112 cm³/mol. The van der Waals surface area contributed by atoms with Gasteiger partial charge in [-0.3, -0.25) is 4.79 Å². The summed E-state index contributed by atoms with van der Waals surface area (Å²) in [5.74, 6) is -0.304. The highest BCUT2D eigenvalue weighted by Gasteiger charge is 2.32. The largest absolute Gasteiger partial charge is 0.390 e. The zero-order valence-electron chi connectivity index (χ0n) is 15.2. The van der Waals surface area contributed by atoms with Gasteiger partial charge in [-0.2, -0.15) is 0 Å². The van der Waals surface area contributed by atoms with E-state index in [2.05, 4.69) is 15.2 Å². The Morgan fingerprint density at radius 3 is 2.68 bits per heavy atom. The van der Waals surface area contributed by atoms with E-state index in [1.807, 2.05) is 24.5 Å². The van der Waals surface area contributed by atoms with Crippen molar-refractivity contribution in [1.82, 2.24) is 10.2 Å². The van der Waals surface area contributed by atoms with Crippen molar-refractivity contribution < 1.29 is 9.90 Å². The van der Waals surface area contributed by atoms with Gasteiger partial charge in [0.25, 0.3) is 5.91 Å². The second-order valence-corrected chi connectivity index (χ2v) is 8.04. The zero-order chi connectivity index (χ0) is 19.7. The van der Waals surface area contributed by atoms with Crippen LogP contribution in [0.4, 0.5) is 5.69 Å². The van der Waals surface area contributed by atoms with E-state index in [0.717, 1.165) is 29.9 Å². The molecule has 28 heavy (non-hydrogen) atoms. The van der Waals surface area contributed by atoms with Crippen molar-refractivity contribution >= 4 is 41.1 Å². The number of benzene rings is 2. The Hall–Kier alpha value is -2.08. The van der Waals surface area contributed by atoms with Gasteiger partial charge in [0.05, 0.1) is 34.2 Å². The number of fused-ring (bicyclic) bond motifs is 1. The fourth-order valence-electron chi connectivity index (χ4n) is 3.73. The first-order valence-electron chi connectivity index (χ1n) is 9.36. The molecule has 2 unspecified atom stereocenters. The summed E-state index contributed by atoms with van der Waals surface area (Å²) < 4.78 is 0. The second kappa shape index (κ2) is 8.11. The number of hydrogen-bond acceptors (Lipinski definition) is 3. The minimum atomic E-state index is -0.681. The number of carbonyl (C=O) groups excluding carboxylic acids is 1. The monoisotopic (exact) mass is 417 g/mol. The van der Waals surface area contributed by atoms with Crippen molar-refractivity contribution in [3.8, 4) is 0 Å². The molecule has 0 saturated carbocycles. The molecule has 0 spiro atoms. The highest BCUT2D eigenvalue weighted by Crippen LogP contribution is 2.34. The van der Waals surface area contributed by atoms with E-state index in [1.165, 1.54) is 18.9 Å². The maximum absolute atomic E-state index is 12.6. The Labute approximate surface area is 174 Å². The molecule has 2 N–H and O–H groups in total. The summed E-state index contributed by atoms with van der Waals surface area (Å²) >= 11 is 11.9. The number of rotatable bonds is 4. The molecule has 1 saturated heterocycles. The topological polar surface area (TPSA) is 64.9 Å². The molecule has 0 aromatic heterocycles. The van der Waals surface area contributed by atoms with Gasteiger partial charge in [-0.15, -0.1) is 0 Å². The number of amides is 1. The molecule has 0 bridgehead atoms. The number of nitrogens with one attached hydrogen (secondary N) is 1. The lowest BCUT2D eigenvalue weighted by molar-refractivity contribution is 0.0858. The number of aliphatic hydroxyl groups excluding tert-OH is 1. The molecule has 1 heterocycles. The number of aliphatic imine (C=N–C) groups is 1. The van der Waals surface area contributed by atoms with E-state index >= 15 is 0 Å². The van der Waals surface area contributed by atoms with Gasteiger partial charge in [0.1, 0.15) is 0 Å². The highest BCUT2D eigenvalue weighted by molar-refractivity contribution is 6.42. The van der Waals surface area contributed by atoms with Crippen LogP contribution in [0.15, 0.2) is 41.4 Å². The van der Waals surface area contributed by atoms with Crippen molar-refractivity contribution in [1.29, 1.82) is 0 Å². The highest BCUT2D eigenvalue weighted by atomic mass is 35.5. The molecular weight excluding hydrogens is 397 g/mol. The van der Waals surface area contributed by atoms with Crippen molar-refractivity contribution in [2.75, 3.05) is 13.1 Å². The number of hydrogen-bond donors (Lipinski definition) is 2. The van der Waals surface area contributed by atoms with Crippen LogP contribution in [0, 0.1) is 0 Å². The summed E-state index contributed by atoms with van der Waals surface area (Å²) in [5, 5.41) is 14.1. The molecule has 2 atom stereocenters. The molecule has 146 valence electrons. The predicted octanol–water partition coefficient (Wildman–Crippen LogP) is 4.14. The van der Waals surface area contributed by atoms with Crippen LogP contribution in [0.3, 0.4) is 0 Å². The number of carbonyl (C=O) groups is 1. The van der Waals surface area contributed by atoms with Crippen LogP contribution in [0.1, 0.15) is 40.4 Å². The minimum Gasteiger partial charge on any atom is -0.390 e. The van der Waals surface area contributed by atoms with E-state index in [9.17, 15) is 9.90 Å². The molecule has 2 aromatic carbocycles. The van der Waals surface area contributed by atoms with Gasteiger partial charge in [-0.1, -0.05) is 29.3 Å². The van der Waals surface area contributed by atoms with Crippen molar-refractivity contribution in [2.24, 2.45) is 4.99 Å². The molecule has 7 heteroatoms. The first-order valence-corrected chi connectivity index (χ1v) is 10.1. The quantitative estimate of drug-likeness (QED) is 0.580. The third kappa shape index (κ3) is 4.02. The fraction of sp³-hybridized carbons (Fsp3) is 0.333. The lowest BCUT2D eigenvalue weighted by Crippen LogP contribution is -2.33. The Bertz CT molecular complexity index is 926. The van der Waals surface area contributed by atoms with E-state index in [-0.39, 0.29) is 5.91 Å². The van der Waals surface area contributed by atoms with E-state index in [4.69, 9.17) is 23.2 Å². The first-order chi connectivity index (χ1) is 13.5. The first kappa shape index (κ1) is 19.2. The summed E-state index contributed by atoms with van der Waals surface area (Å²) in [5.41, 5.74) is 3.14. The fourth-order valence-corrected chi connectivity index (χ4v) is 4.03. The second-order valence-electron chi connectivity index (χ2n) is 7.22. The third-order valence-corrected chi connectivity index (χ3v) is 6.00. The molecule has 0 radical (unpaired) electrons. The van der Waals surface area contributed by atoms with Gasteiger partial charge >= 0.3 is 0 Å². The number of halogens is 2. The van der Waals surface area contributed by atoms with Crippen molar-refractivity contribution in [3.63, 3.8) is 0 Å². The van der Waals surface area contributed by atoms with Crippen LogP contribution in [0.2, 0.25) is 10.0 Å². The van der Waals surface area contributed by atoms with Gasteiger partial charge in [-0.25, -0.2) is 4.99 Å². The standard InChI is InChI=1S/C21H21Cl2N3O2/c22-17-6-4-14(9-18(17)23)21(28)25-20-16-11-15(5-3-13(16)10-19(20)27)24-12-26-7-1-2-8-26/h3-6,9,11-12,19-20,27H,1-2,7-8,10H2,(H,25,28). The van der Waals surface area contributed by atoms with Gasteiger partial charge < -0.3 is 15.3 Å². The molecule has 5 nitrogen and oxygen atoms in total. The Morgan fingerprint density at radius 1 is 1.14 bits per heavy atom. The lowest BCUT2D eigenvalue weighted by Gasteiger charge is -2.18. The van der Waals surface area contributed by atoms with Crippen LogP contribution in [-0.4, -0.2) is 41.4 Å². The van der Waals surface area contributed by atoms with Crippen LogP contribution in [0.25, 0.3) is 0 Å². The molecule has 2 aliphatic rings. The number of likely N-dealkylation sites (tertiary alicyclic amines) is 1. The molecular formula is C21H21Cl2N3O2. The SMILES string of the molecule is O=C(NC1c2cc(N=CN3CCCC3)ccc2CC1O)c1ccc(Cl)c(Cl)c1. The number of aliphatic hydroxyl groups is 1. The van der Waals surface area contributed by atoms with Gasteiger partial charge in [0, 0.05) is 25.1 Å². The summed E-state index contributed by atoms with van der Waals surface area (Å²) in [6.07, 6.45) is 4.09. The molecule has 1 aliphatic carbocycles. The molecule has 2 aromatic rings. The van der Waals surface area contributed by atoms with Crippen LogP contribution in [0.5, 0.6) is 0 Å². The van der Waals surface area contributed by atoms with Crippen LogP contribution < -0.4 is 5.32 Å². The lowest BCUT2D eigenvalue weighted by atomic mass is 10.1. The van der Waals surface area contributed by atoms with E-state index in [0.29, 0.717) is 22.0 Å². The van der Waals surface area contributed by atoms with Gasteiger partial charge in [-0.05, 0) is 54.3 Å². The Kier molecular flexibility index (Phi) is 5.58. The molecule has 1 aliphatic heterocycles. The van der Waals surface area contributed by atoms with Gasteiger partial charge in [0.2, 0.25) is 0 Å². The zero-order valence-corrected chi connectivity index (χ0v) is 16.7. The summed E-state index contributed by atoms with van der Waals surface area (Å²) in [4.78, 5) is 19.4. The minimum absolute atomic E-state index is 0.304.